The van der Waals surface area contributed by atoms with Crippen LogP contribution >= 0.6 is 0 Å². The number of nitrogens with one attached hydrogen (secondary N) is 2. The first-order valence-corrected chi connectivity index (χ1v) is 17.8. The maximum atomic E-state index is 14.1. The lowest BCUT2D eigenvalue weighted by Gasteiger charge is -2.37. The number of fused-ring (bicyclic) bond motifs is 3. The number of sulfonamides is 1. The van der Waals surface area contributed by atoms with Crippen molar-refractivity contribution in [1.29, 1.82) is 0 Å². The van der Waals surface area contributed by atoms with Crippen LogP contribution in [0.2, 0.25) is 0 Å². The number of aliphatic hydroxyl groups is 1. The predicted octanol–water partition coefficient (Wildman–Crippen LogP) is 4.04. The lowest BCUT2D eigenvalue weighted by Crippen LogP contribution is -2.53. The molecule has 14 heteroatoms. The lowest BCUT2D eigenvalue weighted by atomic mass is 9.78. The molecule has 3 N–H and O–H groups in total. The van der Waals surface area contributed by atoms with Crippen molar-refractivity contribution in [3.05, 3.63) is 53.8 Å². The minimum atomic E-state index is -4.13. The summed E-state index contributed by atoms with van der Waals surface area (Å²) in [6.45, 7) is 3.96. The molecule has 47 heavy (non-hydrogen) atoms. The van der Waals surface area contributed by atoms with E-state index in [2.05, 4.69) is 15.6 Å². The van der Waals surface area contributed by atoms with Crippen LogP contribution in [0.1, 0.15) is 45.1 Å². The third-order valence-corrected chi connectivity index (χ3v) is 11.2. The molecule has 2 aromatic carbocycles. The summed E-state index contributed by atoms with van der Waals surface area (Å²) in [5, 5.41) is 17.6. The van der Waals surface area contributed by atoms with Crippen molar-refractivity contribution < 1.29 is 41.3 Å². The van der Waals surface area contributed by atoms with Crippen molar-refractivity contribution in [3.8, 4) is 0 Å². The molecular formula is C33H41FN4O8S. The highest BCUT2D eigenvalue weighted by Crippen LogP contribution is 2.46. The van der Waals surface area contributed by atoms with Crippen LogP contribution in [-0.4, -0.2) is 85.3 Å². The van der Waals surface area contributed by atoms with Crippen molar-refractivity contribution in [1.82, 2.24) is 14.6 Å². The number of rotatable bonds is 13. The Hall–Kier alpha value is -3.30. The zero-order chi connectivity index (χ0) is 32.9. The molecule has 4 aliphatic rings. The SMILES string of the molecule is CC(C)CN(CC(O)C(Cc1cccc(F)c1)NC(=O)OC1C2COC3OC1CC3C2)S(=O)(=O)c1ccc2nc(NC3CC3)oc2c1. The highest BCUT2D eigenvalue weighted by Gasteiger charge is 2.53. The molecule has 2 aliphatic carbocycles. The standard InChI is InChI=1S/C33H41FN4O8S/c1-18(2)15-38(47(41,42)24-8-9-25-28(14-24)45-32(36-25)35-23-6-7-23)16-27(39)26(11-19-4-3-5-22(34)10-19)37-33(40)46-30-21-12-20-13-29(30)44-31(20)43-17-21/h3-5,8-10,14,18,20-21,23,26-27,29-31,39H,6-7,11-13,15-17H2,1-2H3,(H,35,36)(H,37,40). The summed E-state index contributed by atoms with van der Waals surface area (Å²) in [6.07, 6.45) is 0.502. The summed E-state index contributed by atoms with van der Waals surface area (Å²) in [7, 11) is -4.13. The van der Waals surface area contributed by atoms with Crippen molar-refractivity contribution in [3.63, 3.8) is 0 Å². The molecule has 2 saturated heterocycles. The first-order chi connectivity index (χ1) is 22.5. The quantitative estimate of drug-likeness (QED) is 0.243. The van der Waals surface area contributed by atoms with Crippen LogP contribution in [0.4, 0.5) is 15.2 Å². The van der Waals surface area contributed by atoms with Gasteiger partial charge in [0.1, 0.15) is 17.4 Å². The van der Waals surface area contributed by atoms with E-state index in [-0.39, 0.29) is 48.6 Å². The number of aromatic nitrogens is 1. The van der Waals surface area contributed by atoms with Gasteiger partial charge < -0.3 is 34.4 Å². The Labute approximate surface area is 273 Å². The van der Waals surface area contributed by atoms with Gasteiger partial charge in [-0.2, -0.15) is 9.29 Å². The molecule has 0 spiro atoms. The molecule has 3 aromatic rings. The molecule has 1 aromatic heterocycles. The first-order valence-electron chi connectivity index (χ1n) is 16.4. The zero-order valence-electron chi connectivity index (χ0n) is 26.4. The van der Waals surface area contributed by atoms with Gasteiger partial charge in [0.05, 0.1) is 29.8 Å². The summed E-state index contributed by atoms with van der Waals surface area (Å²) < 4.78 is 66.8. The van der Waals surface area contributed by atoms with Crippen LogP contribution in [-0.2, 0) is 30.7 Å². The molecule has 12 nitrogen and oxygen atoms in total. The Morgan fingerprint density at radius 2 is 1.98 bits per heavy atom. The number of oxazole rings is 1. The van der Waals surface area contributed by atoms with E-state index in [1.165, 1.54) is 28.6 Å². The van der Waals surface area contributed by atoms with Crippen LogP contribution in [0.3, 0.4) is 0 Å². The van der Waals surface area contributed by atoms with Gasteiger partial charge >= 0.3 is 6.09 Å². The van der Waals surface area contributed by atoms with E-state index in [1.807, 2.05) is 13.8 Å². The predicted molar refractivity (Wildman–Crippen MR) is 168 cm³/mol. The minimum Gasteiger partial charge on any atom is -0.443 e. The van der Waals surface area contributed by atoms with E-state index in [1.54, 1.807) is 18.2 Å². The van der Waals surface area contributed by atoms with Gasteiger partial charge in [-0.1, -0.05) is 26.0 Å². The number of hydrogen-bond acceptors (Lipinski definition) is 10. The van der Waals surface area contributed by atoms with E-state index >= 15 is 0 Å². The average molecular weight is 673 g/mol. The van der Waals surface area contributed by atoms with Crippen LogP contribution in [0.25, 0.3) is 11.1 Å². The molecular weight excluding hydrogens is 631 g/mol. The number of carbonyl (C=O) groups is 1. The van der Waals surface area contributed by atoms with Gasteiger partial charge in [0.15, 0.2) is 11.9 Å². The number of aliphatic hydroxyl groups excluding tert-OH is 1. The third kappa shape index (κ3) is 7.12. The van der Waals surface area contributed by atoms with Gasteiger partial charge in [-0.3, -0.25) is 0 Å². The number of hydrogen-bond donors (Lipinski definition) is 3. The molecule has 2 saturated carbocycles. The number of alkyl carbamates (subject to hydrolysis) is 1. The summed E-state index contributed by atoms with van der Waals surface area (Å²) in [5.41, 5.74) is 1.37. The average Bonchev–Trinajstić information content (AvgIpc) is 3.65. The van der Waals surface area contributed by atoms with Gasteiger partial charge in [0.2, 0.25) is 10.0 Å². The summed E-state index contributed by atoms with van der Waals surface area (Å²) in [6, 6.07) is 10.0. The molecule has 1 amide bonds. The smallest absolute Gasteiger partial charge is 0.407 e. The largest absolute Gasteiger partial charge is 0.443 e. The number of amides is 1. The first kappa shape index (κ1) is 32.3. The van der Waals surface area contributed by atoms with E-state index in [4.69, 9.17) is 18.6 Å². The fourth-order valence-electron chi connectivity index (χ4n) is 6.93. The zero-order valence-corrected chi connectivity index (χ0v) is 27.2. The molecule has 7 rings (SSSR count). The monoisotopic (exact) mass is 672 g/mol. The minimum absolute atomic E-state index is 0.00351. The highest BCUT2D eigenvalue weighted by atomic mass is 32.2. The van der Waals surface area contributed by atoms with Crippen molar-refractivity contribution in [2.45, 2.75) is 87.5 Å². The highest BCUT2D eigenvalue weighted by molar-refractivity contribution is 7.89. The Morgan fingerprint density at radius 1 is 1.15 bits per heavy atom. The van der Waals surface area contributed by atoms with Gasteiger partial charge in [0.25, 0.3) is 6.01 Å². The van der Waals surface area contributed by atoms with Crippen LogP contribution in [0.5, 0.6) is 0 Å². The number of ether oxygens (including phenoxy) is 3. The number of nitrogens with zero attached hydrogens (tertiary/aromatic N) is 2. The maximum Gasteiger partial charge on any atom is 0.407 e. The lowest BCUT2D eigenvalue weighted by molar-refractivity contribution is -0.153. The van der Waals surface area contributed by atoms with Crippen LogP contribution < -0.4 is 10.6 Å². The number of benzene rings is 2. The van der Waals surface area contributed by atoms with Crippen molar-refractivity contribution in [2.75, 3.05) is 25.0 Å². The molecule has 2 aliphatic heterocycles. The van der Waals surface area contributed by atoms with Gasteiger partial charge in [0, 0.05) is 37.0 Å². The topological polar surface area (TPSA) is 152 Å². The Morgan fingerprint density at radius 3 is 2.74 bits per heavy atom. The normalized spacial score (nSPS) is 26.6. The number of carbonyl (C=O) groups excluding carboxylic acids is 1. The Bertz CT molecular complexity index is 1710. The van der Waals surface area contributed by atoms with Crippen LogP contribution in [0, 0.1) is 23.6 Å². The fourth-order valence-corrected chi connectivity index (χ4v) is 8.56. The summed E-state index contributed by atoms with van der Waals surface area (Å²) >= 11 is 0. The van der Waals surface area contributed by atoms with Gasteiger partial charge in [-0.05, 0) is 67.9 Å². The van der Waals surface area contributed by atoms with E-state index in [9.17, 15) is 22.7 Å². The third-order valence-electron chi connectivity index (χ3n) is 9.36. The number of halogens is 1. The Kier molecular flexibility index (Phi) is 8.89. The summed E-state index contributed by atoms with van der Waals surface area (Å²) in [4.78, 5) is 17.7. The molecule has 4 fully saturated rings. The maximum absolute atomic E-state index is 14.1. The van der Waals surface area contributed by atoms with Gasteiger partial charge in [-0.15, -0.1) is 0 Å². The molecule has 3 bridgehead atoms. The summed E-state index contributed by atoms with van der Waals surface area (Å²) in [5.74, 6) is -0.251. The molecule has 0 radical (unpaired) electrons. The fraction of sp³-hybridized carbons (Fsp3) is 0.576. The van der Waals surface area contributed by atoms with Gasteiger partial charge in [-0.25, -0.2) is 17.6 Å². The second kappa shape index (κ2) is 13.0. The molecule has 7 atom stereocenters. The molecule has 3 heterocycles. The van der Waals surface area contributed by atoms with E-state index < -0.39 is 40.2 Å². The second-order valence-corrected chi connectivity index (χ2v) is 15.6. The molecule has 7 unspecified atom stereocenters. The van der Waals surface area contributed by atoms with Crippen molar-refractivity contribution in [2.24, 2.45) is 17.8 Å². The van der Waals surface area contributed by atoms with Crippen molar-refractivity contribution >= 4 is 33.2 Å². The second-order valence-electron chi connectivity index (χ2n) is 13.7. The Balaban J connectivity index is 1.10. The van der Waals surface area contributed by atoms with E-state index in [0.717, 1.165) is 25.7 Å². The van der Waals surface area contributed by atoms with E-state index in [0.29, 0.717) is 41.2 Å². The van der Waals surface area contributed by atoms with Crippen LogP contribution in [0.15, 0.2) is 51.8 Å². The number of anilines is 1. The molecule has 254 valence electrons.